The van der Waals surface area contributed by atoms with Crippen molar-refractivity contribution in [3.05, 3.63) is 97.4 Å². The topological polar surface area (TPSA) is 59.5 Å². The molecule has 4 heterocycles. The zero-order valence-corrected chi connectivity index (χ0v) is 19.0. The Balaban J connectivity index is 1.48. The normalized spacial score (nSPS) is 15.9. The van der Waals surface area contributed by atoms with Crippen LogP contribution in [-0.4, -0.2) is 25.7 Å². The molecule has 2 aromatic carbocycles. The van der Waals surface area contributed by atoms with Crippen LogP contribution in [0.15, 0.2) is 65.5 Å². The summed E-state index contributed by atoms with van der Waals surface area (Å²) in [6.07, 6.45) is 0.898. The Kier molecular flexibility index (Phi) is 4.78. The van der Waals surface area contributed by atoms with Crippen molar-refractivity contribution in [2.75, 3.05) is 6.54 Å². The number of nitrogens with one attached hydrogen (secondary N) is 2. The molecule has 3 aromatic heterocycles. The van der Waals surface area contributed by atoms with Gasteiger partial charge < -0.3 is 4.90 Å². The Hall–Kier alpha value is -3.07. The van der Waals surface area contributed by atoms with Gasteiger partial charge in [0.1, 0.15) is 17.9 Å². The largest absolute Gasteiger partial charge is 0.326 e. The molecule has 1 atom stereocenters. The van der Waals surface area contributed by atoms with Crippen LogP contribution in [0.4, 0.5) is 0 Å². The van der Waals surface area contributed by atoms with E-state index in [0.29, 0.717) is 17.1 Å². The lowest BCUT2D eigenvalue weighted by molar-refractivity contribution is -0.929. The average Bonchev–Trinajstić information content (AvgIpc) is 3.38. The van der Waals surface area contributed by atoms with Crippen LogP contribution in [-0.2, 0) is 26.1 Å². The molecule has 0 saturated heterocycles. The summed E-state index contributed by atoms with van der Waals surface area (Å²) in [4.78, 5) is 17.4. The first kappa shape index (κ1) is 19.6. The molecule has 0 bridgehead atoms. The number of H-pyrrole nitrogens is 1. The van der Waals surface area contributed by atoms with Crippen LogP contribution in [0, 0.1) is 4.77 Å². The van der Waals surface area contributed by atoms with E-state index in [1.54, 1.807) is 15.9 Å². The molecule has 32 heavy (non-hydrogen) atoms. The summed E-state index contributed by atoms with van der Waals surface area (Å²) < 4.78 is 4.22. The molecule has 5 aromatic rings. The minimum Gasteiger partial charge on any atom is -0.326 e. The summed E-state index contributed by atoms with van der Waals surface area (Å²) in [5.41, 5.74) is 3.62. The standard InChI is InChI=1S/C24H21N5OS2/c30-21-20-18-11-12-27(13-16-7-3-1-4-8-16)15-19(18)32-22(20)29-23(25-26-24(29)31)28(21)14-17-9-5-2-6-10-17/h1-10H,11-15H2,(H,26,31)/p+1. The van der Waals surface area contributed by atoms with Crippen LogP contribution < -0.4 is 10.5 Å². The van der Waals surface area contributed by atoms with Crippen molar-refractivity contribution in [1.29, 1.82) is 0 Å². The second kappa shape index (κ2) is 7.81. The van der Waals surface area contributed by atoms with Gasteiger partial charge in [0.25, 0.3) is 5.56 Å². The summed E-state index contributed by atoms with van der Waals surface area (Å²) >= 11 is 7.26. The van der Waals surface area contributed by atoms with Gasteiger partial charge >= 0.3 is 0 Å². The van der Waals surface area contributed by atoms with Gasteiger partial charge in [0, 0.05) is 12.0 Å². The first-order chi connectivity index (χ1) is 15.7. The van der Waals surface area contributed by atoms with Crippen molar-refractivity contribution in [3.8, 4) is 0 Å². The van der Waals surface area contributed by atoms with Crippen LogP contribution in [0.1, 0.15) is 21.6 Å². The zero-order valence-electron chi connectivity index (χ0n) is 17.4. The van der Waals surface area contributed by atoms with Gasteiger partial charge in [-0.2, -0.15) is 0 Å². The van der Waals surface area contributed by atoms with Gasteiger partial charge in [0.2, 0.25) is 10.5 Å². The predicted octanol–water partition coefficient (Wildman–Crippen LogP) is 2.96. The number of hydrogen-bond donors (Lipinski definition) is 2. The smallest absolute Gasteiger partial charge is 0.264 e. The minimum atomic E-state index is 0.0226. The molecule has 0 saturated carbocycles. The van der Waals surface area contributed by atoms with E-state index >= 15 is 0 Å². The van der Waals surface area contributed by atoms with E-state index in [1.165, 1.54) is 20.9 Å². The SMILES string of the molecule is O=c1c2c3c(sc2n2c(=S)[nH]nc2n1Cc1ccccc1)C[NH+](Cc1ccccc1)CC3. The van der Waals surface area contributed by atoms with E-state index in [4.69, 9.17) is 12.2 Å². The molecular formula is C24H22N5OS2+. The number of benzene rings is 2. The third kappa shape index (κ3) is 3.23. The Labute approximate surface area is 193 Å². The number of nitrogens with zero attached hydrogens (tertiary/aromatic N) is 3. The van der Waals surface area contributed by atoms with Crippen LogP contribution in [0.2, 0.25) is 0 Å². The summed E-state index contributed by atoms with van der Waals surface area (Å²) in [7, 11) is 0. The van der Waals surface area contributed by atoms with Crippen molar-refractivity contribution >= 4 is 39.5 Å². The second-order valence-corrected chi connectivity index (χ2v) is 9.78. The summed E-state index contributed by atoms with van der Waals surface area (Å²) in [6, 6.07) is 20.6. The number of rotatable bonds is 4. The Bertz CT molecular complexity index is 1550. The lowest BCUT2D eigenvalue weighted by atomic mass is 10.0. The highest BCUT2D eigenvalue weighted by atomic mass is 32.1. The number of aromatic nitrogens is 4. The Morgan fingerprint density at radius 3 is 2.53 bits per heavy atom. The zero-order chi connectivity index (χ0) is 21.7. The third-order valence-corrected chi connectivity index (χ3v) is 7.74. The van der Waals surface area contributed by atoms with Gasteiger partial charge in [-0.15, -0.1) is 16.4 Å². The fourth-order valence-electron chi connectivity index (χ4n) is 4.72. The van der Waals surface area contributed by atoms with Crippen LogP contribution in [0.25, 0.3) is 16.0 Å². The van der Waals surface area contributed by atoms with Crippen molar-refractivity contribution in [2.24, 2.45) is 0 Å². The number of quaternary nitrogens is 1. The van der Waals surface area contributed by atoms with E-state index in [0.717, 1.165) is 41.8 Å². The number of thiophene rings is 1. The Morgan fingerprint density at radius 1 is 1.06 bits per heavy atom. The van der Waals surface area contributed by atoms with E-state index in [-0.39, 0.29) is 5.56 Å². The first-order valence-electron chi connectivity index (χ1n) is 10.7. The maximum Gasteiger partial charge on any atom is 0.264 e. The van der Waals surface area contributed by atoms with Crippen molar-refractivity contribution in [3.63, 3.8) is 0 Å². The molecule has 0 fully saturated rings. The number of aromatic amines is 1. The summed E-state index contributed by atoms with van der Waals surface area (Å²) in [5.74, 6) is 0.573. The molecule has 1 aliphatic heterocycles. The molecule has 1 unspecified atom stereocenters. The van der Waals surface area contributed by atoms with E-state index in [9.17, 15) is 4.79 Å². The molecule has 2 N–H and O–H groups in total. The van der Waals surface area contributed by atoms with E-state index in [1.807, 2.05) is 34.7 Å². The minimum absolute atomic E-state index is 0.0226. The van der Waals surface area contributed by atoms with Gasteiger partial charge in [0.15, 0.2) is 0 Å². The van der Waals surface area contributed by atoms with E-state index < -0.39 is 0 Å². The highest BCUT2D eigenvalue weighted by molar-refractivity contribution is 7.71. The first-order valence-corrected chi connectivity index (χ1v) is 12.0. The molecule has 0 amide bonds. The van der Waals surface area contributed by atoms with Crippen LogP contribution in [0.3, 0.4) is 0 Å². The monoisotopic (exact) mass is 460 g/mol. The molecule has 160 valence electrons. The maximum atomic E-state index is 13.7. The van der Waals surface area contributed by atoms with Crippen LogP contribution in [0.5, 0.6) is 0 Å². The maximum absolute atomic E-state index is 13.7. The van der Waals surface area contributed by atoms with Gasteiger partial charge in [-0.3, -0.25) is 9.36 Å². The molecule has 8 heteroatoms. The molecule has 0 aliphatic carbocycles. The highest BCUT2D eigenvalue weighted by Gasteiger charge is 2.28. The fraction of sp³-hybridized carbons (Fsp3) is 0.208. The molecule has 1 aliphatic rings. The number of hydrogen-bond acceptors (Lipinski definition) is 4. The van der Waals surface area contributed by atoms with Crippen molar-refractivity contribution in [1.82, 2.24) is 19.2 Å². The predicted molar refractivity (Wildman–Crippen MR) is 129 cm³/mol. The molecular weight excluding hydrogens is 438 g/mol. The fourth-order valence-corrected chi connectivity index (χ4v) is 6.41. The average molecular weight is 461 g/mol. The molecule has 0 spiro atoms. The summed E-state index contributed by atoms with van der Waals surface area (Å²) in [6.45, 7) is 3.40. The molecule has 6 nitrogen and oxygen atoms in total. The van der Waals surface area contributed by atoms with Gasteiger partial charge in [0.05, 0.1) is 23.4 Å². The Morgan fingerprint density at radius 2 is 1.78 bits per heavy atom. The summed E-state index contributed by atoms with van der Waals surface area (Å²) in [5, 5.41) is 8.12. The quantitative estimate of drug-likeness (QED) is 0.406. The molecule has 0 radical (unpaired) electrons. The van der Waals surface area contributed by atoms with Crippen molar-refractivity contribution in [2.45, 2.75) is 26.1 Å². The van der Waals surface area contributed by atoms with Gasteiger partial charge in [-0.25, -0.2) is 9.50 Å². The lowest BCUT2D eigenvalue weighted by Crippen LogP contribution is -3.10. The van der Waals surface area contributed by atoms with E-state index in [2.05, 4.69) is 40.5 Å². The lowest BCUT2D eigenvalue weighted by Gasteiger charge is -2.23. The van der Waals surface area contributed by atoms with Crippen molar-refractivity contribution < 1.29 is 4.90 Å². The number of fused-ring (bicyclic) bond motifs is 5. The second-order valence-electron chi connectivity index (χ2n) is 8.31. The molecule has 6 rings (SSSR count). The third-order valence-electron chi connectivity index (χ3n) is 6.25. The van der Waals surface area contributed by atoms with Crippen LogP contribution >= 0.6 is 23.6 Å². The highest BCUT2D eigenvalue weighted by Crippen LogP contribution is 2.31. The van der Waals surface area contributed by atoms with Gasteiger partial charge in [-0.1, -0.05) is 60.7 Å². The van der Waals surface area contributed by atoms with Gasteiger partial charge in [-0.05, 0) is 23.3 Å².